The molecule has 7 nitrogen and oxygen atoms in total. The van der Waals surface area contributed by atoms with Crippen molar-refractivity contribution in [2.24, 2.45) is 40.4 Å². The molecule has 1 heterocycles. The number of fused-ring (bicyclic) bond motifs is 7. The van der Waals surface area contributed by atoms with Crippen LogP contribution in [0.15, 0.2) is 11.3 Å². The van der Waals surface area contributed by atoms with Crippen molar-refractivity contribution in [3.8, 4) is 0 Å². The van der Waals surface area contributed by atoms with E-state index < -0.39 is 5.97 Å². The van der Waals surface area contributed by atoms with Crippen LogP contribution >= 0.6 is 0 Å². The van der Waals surface area contributed by atoms with E-state index in [1.54, 1.807) is 0 Å². The summed E-state index contributed by atoms with van der Waals surface area (Å²) in [6, 6.07) is 0. The lowest BCUT2D eigenvalue weighted by Crippen LogP contribution is -2.54. The van der Waals surface area contributed by atoms with Gasteiger partial charge in [-0.1, -0.05) is 13.8 Å². The molecule has 218 valence electrons. The number of allylic oxidation sites excluding steroid dienone is 1. The Morgan fingerprint density at radius 2 is 1.74 bits per heavy atom. The van der Waals surface area contributed by atoms with Crippen LogP contribution in [0.5, 0.6) is 0 Å². The number of carbonyl (C=O) groups is 3. The molecular weight excluding hydrogens is 496 g/mol. The lowest BCUT2D eigenvalue weighted by molar-refractivity contribution is -0.163. The van der Waals surface area contributed by atoms with Gasteiger partial charge in [0.15, 0.2) is 0 Å². The number of rotatable bonds is 9. The molecule has 5 aliphatic rings. The van der Waals surface area contributed by atoms with Gasteiger partial charge in [-0.3, -0.25) is 14.4 Å². The third kappa shape index (κ3) is 5.36. The molecule has 4 saturated carbocycles. The topological polar surface area (TPSA) is 99.1 Å². The van der Waals surface area contributed by atoms with Gasteiger partial charge in [-0.05, 0) is 111 Å². The molecule has 0 spiro atoms. The van der Waals surface area contributed by atoms with Crippen LogP contribution in [-0.2, 0) is 28.6 Å². The quantitative estimate of drug-likeness (QED) is 0.263. The zero-order chi connectivity index (χ0) is 27.9. The molecule has 1 N–H and O–H groups in total. The zero-order valence-electron chi connectivity index (χ0n) is 24.3. The van der Waals surface area contributed by atoms with Crippen LogP contribution in [0.4, 0.5) is 0 Å². The van der Waals surface area contributed by atoms with Crippen molar-refractivity contribution in [1.29, 1.82) is 0 Å². The molecule has 0 aromatic rings. The van der Waals surface area contributed by atoms with Crippen molar-refractivity contribution < 1.29 is 33.7 Å². The lowest BCUT2D eigenvalue weighted by atomic mass is 9.44. The van der Waals surface area contributed by atoms with Gasteiger partial charge in [0.05, 0.1) is 25.2 Å². The summed E-state index contributed by atoms with van der Waals surface area (Å²) in [6.45, 7) is 9.33. The second kappa shape index (κ2) is 11.1. The van der Waals surface area contributed by atoms with Crippen molar-refractivity contribution in [2.45, 2.75) is 123 Å². The highest BCUT2D eigenvalue weighted by Crippen LogP contribution is 2.69. The second-order valence-corrected chi connectivity index (χ2v) is 13.8. The third-order valence-corrected chi connectivity index (χ3v) is 11.8. The van der Waals surface area contributed by atoms with Gasteiger partial charge in [0.25, 0.3) is 0 Å². The Labute approximate surface area is 233 Å². The standard InChI is InChI=1S/C32H48O7/c1-19-26(7-5-6-16-37-20(2)33)39-27-18-25-23-9-8-21-17-22(38-29(36)11-10-28(34)35)12-14-31(21,3)24(23)13-15-32(25,4)30(19)27/h21-25,27,30H,5-18H2,1-4H3,(H,34,35)/t21-,22-,23+,24-,25+,27-,30+,31-,32-/m0/s1. The van der Waals surface area contributed by atoms with E-state index in [1.807, 2.05) is 0 Å². The predicted molar refractivity (Wildman–Crippen MR) is 145 cm³/mol. The molecule has 0 aromatic heterocycles. The molecular formula is C32H48O7. The minimum Gasteiger partial charge on any atom is -0.494 e. The van der Waals surface area contributed by atoms with Gasteiger partial charge in [-0.15, -0.1) is 0 Å². The van der Waals surface area contributed by atoms with E-state index in [-0.39, 0.29) is 30.9 Å². The SMILES string of the molecule is CC(=O)OCCCCC1=C(C)[C@@H]2[C@H](C[C@@H]3[C@@H]4CC[C@H]5C[C@@H](OC(=O)CCC(=O)O)CC[C@]5(C)[C@H]4CC[C@@]32C)O1. The zero-order valence-corrected chi connectivity index (χ0v) is 24.3. The van der Waals surface area contributed by atoms with Crippen molar-refractivity contribution >= 4 is 17.9 Å². The van der Waals surface area contributed by atoms with Crippen molar-refractivity contribution in [1.82, 2.24) is 0 Å². The maximum absolute atomic E-state index is 12.2. The smallest absolute Gasteiger partial charge is 0.306 e. The van der Waals surface area contributed by atoms with Gasteiger partial charge in [-0.2, -0.15) is 0 Å². The van der Waals surface area contributed by atoms with Crippen molar-refractivity contribution in [3.05, 3.63) is 11.3 Å². The van der Waals surface area contributed by atoms with Crippen molar-refractivity contribution in [3.63, 3.8) is 0 Å². The number of ether oxygens (including phenoxy) is 3. The van der Waals surface area contributed by atoms with E-state index >= 15 is 0 Å². The maximum Gasteiger partial charge on any atom is 0.306 e. The van der Waals surface area contributed by atoms with Crippen molar-refractivity contribution in [2.75, 3.05) is 6.61 Å². The second-order valence-electron chi connectivity index (χ2n) is 13.8. The lowest BCUT2D eigenvalue weighted by Gasteiger charge is -2.61. The molecule has 4 fully saturated rings. The Morgan fingerprint density at radius 1 is 0.974 bits per heavy atom. The molecule has 0 unspecified atom stereocenters. The summed E-state index contributed by atoms with van der Waals surface area (Å²) in [4.78, 5) is 34.0. The molecule has 9 atom stereocenters. The van der Waals surface area contributed by atoms with Crippen LogP contribution in [0.2, 0.25) is 0 Å². The molecule has 0 amide bonds. The molecule has 0 radical (unpaired) electrons. The first-order valence-corrected chi connectivity index (χ1v) is 15.4. The number of esters is 2. The van der Waals surface area contributed by atoms with Gasteiger partial charge in [0.1, 0.15) is 12.2 Å². The molecule has 39 heavy (non-hydrogen) atoms. The van der Waals surface area contributed by atoms with E-state index in [9.17, 15) is 14.4 Å². The molecule has 4 aliphatic carbocycles. The summed E-state index contributed by atoms with van der Waals surface area (Å²) in [6.07, 6.45) is 12.0. The highest BCUT2D eigenvalue weighted by atomic mass is 16.5. The fourth-order valence-electron chi connectivity index (χ4n) is 9.97. The average Bonchev–Trinajstić information content (AvgIpc) is 3.35. The summed E-state index contributed by atoms with van der Waals surface area (Å²) in [5.41, 5.74) is 2.07. The summed E-state index contributed by atoms with van der Waals surface area (Å²) in [7, 11) is 0. The Kier molecular flexibility index (Phi) is 8.09. The molecule has 0 saturated heterocycles. The summed E-state index contributed by atoms with van der Waals surface area (Å²) in [5, 5.41) is 8.87. The summed E-state index contributed by atoms with van der Waals surface area (Å²) < 4.78 is 17.5. The Hall–Kier alpha value is -2.05. The highest BCUT2D eigenvalue weighted by Gasteiger charge is 2.64. The van der Waals surface area contributed by atoms with Crippen LogP contribution in [0.1, 0.15) is 111 Å². The Balaban J connectivity index is 1.20. The van der Waals surface area contributed by atoms with Crippen LogP contribution in [0.25, 0.3) is 0 Å². The fourth-order valence-corrected chi connectivity index (χ4v) is 9.97. The highest BCUT2D eigenvalue weighted by molar-refractivity contribution is 5.76. The number of hydrogen-bond donors (Lipinski definition) is 1. The molecule has 7 heteroatoms. The van der Waals surface area contributed by atoms with Crippen LogP contribution in [-0.4, -0.2) is 41.8 Å². The molecule has 0 bridgehead atoms. The van der Waals surface area contributed by atoms with Crippen LogP contribution in [0.3, 0.4) is 0 Å². The number of hydrogen-bond acceptors (Lipinski definition) is 6. The first-order chi connectivity index (χ1) is 18.5. The van der Waals surface area contributed by atoms with E-state index in [0.717, 1.165) is 50.4 Å². The monoisotopic (exact) mass is 544 g/mol. The largest absolute Gasteiger partial charge is 0.494 e. The van der Waals surface area contributed by atoms with Gasteiger partial charge < -0.3 is 19.3 Å². The Morgan fingerprint density at radius 3 is 2.49 bits per heavy atom. The molecule has 0 aromatic carbocycles. The van der Waals surface area contributed by atoms with Gasteiger partial charge in [0, 0.05) is 19.3 Å². The normalized spacial score (nSPS) is 40.6. The third-order valence-electron chi connectivity index (χ3n) is 11.8. The van der Waals surface area contributed by atoms with E-state index in [4.69, 9.17) is 19.3 Å². The number of aliphatic carboxylic acids is 1. The van der Waals surface area contributed by atoms with Crippen LogP contribution < -0.4 is 0 Å². The fraction of sp³-hybridized carbons (Fsp3) is 0.844. The summed E-state index contributed by atoms with van der Waals surface area (Å²) >= 11 is 0. The first kappa shape index (κ1) is 28.5. The number of carbonyl (C=O) groups excluding carboxylic acids is 2. The maximum atomic E-state index is 12.2. The van der Waals surface area contributed by atoms with Gasteiger partial charge in [-0.25, -0.2) is 0 Å². The predicted octanol–water partition coefficient (Wildman–Crippen LogP) is 6.44. The van der Waals surface area contributed by atoms with Crippen LogP contribution in [0, 0.1) is 40.4 Å². The minimum absolute atomic E-state index is 0.0347. The molecule has 1 aliphatic heterocycles. The van der Waals surface area contributed by atoms with E-state index in [0.29, 0.717) is 41.3 Å². The van der Waals surface area contributed by atoms with E-state index in [2.05, 4.69) is 20.8 Å². The first-order valence-electron chi connectivity index (χ1n) is 15.4. The number of unbranched alkanes of at least 4 members (excludes halogenated alkanes) is 1. The number of carboxylic acids is 1. The average molecular weight is 545 g/mol. The van der Waals surface area contributed by atoms with Gasteiger partial charge in [0.2, 0.25) is 0 Å². The van der Waals surface area contributed by atoms with E-state index in [1.165, 1.54) is 50.4 Å². The molecule has 5 rings (SSSR count). The number of carboxylic acid groups (broad SMARTS) is 1. The Bertz CT molecular complexity index is 1000. The van der Waals surface area contributed by atoms with Gasteiger partial charge >= 0.3 is 17.9 Å². The summed E-state index contributed by atoms with van der Waals surface area (Å²) in [5.74, 6) is 2.94. The minimum atomic E-state index is -0.953.